The molecule has 2 aromatic rings. The van der Waals surface area contributed by atoms with Gasteiger partial charge in [-0.3, -0.25) is 9.59 Å². The van der Waals surface area contributed by atoms with Crippen LogP contribution < -0.4 is 15.5 Å². The van der Waals surface area contributed by atoms with E-state index in [-0.39, 0.29) is 18.4 Å². The second kappa shape index (κ2) is 5.96. The lowest BCUT2D eigenvalue weighted by molar-refractivity contribution is -0.116. The van der Waals surface area contributed by atoms with Crippen LogP contribution in [-0.4, -0.2) is 35.4 Å². The molecule has 3 rings (SSSR count). The number of carbonyl (C=O) groups excluding carboxylic acids is 2. The molecule has 0 atom stereocenters. The van der Waals surface area contributed by atoms with Crippen molar-refractivity contribution < 1.29 is 9.59 Å². The molecule has 0 radical (unpaired) electrons. The monoisotopic (exact) mass is 331 g/mol. The number of carbonyl (C=O) groups is 2. The van der Waals surface area contributed by atoms with Crippen molar-refractivity contribution in [2.75, 3.05) is 23.8 Å². The molecule has 0 unspecified atom stereocenters. The van der Waals surface area contributed by atoms with Crippen LogP contribution in [-0.2, 0) is 11.3 Å². The van der Waals surface area contributed by atoms with Gasteiger partial charge in [-0.05, 0) is 19.9 Å². The van der Waals surface area contributed by atoms with Gasteiger partial charge in [-0.2, -0.15) is 0 Å². The molecule has 120 valence electrons. The Kier molecular flexibility index (Phi) is 3.99. The molecule has 8 heteroatoms. The molecular weight excluding hydrogens is 314 g/mol. The van der Waals surface area contributed by atoms with Gasteiger partial charge in [0.1, 0.15) is 5.82 Å². The molecular formula is C15H17N5O2S. The van der Waals surface area contributed by atoms with Crippen LogP contribution in [0.5, 0.6) is 0 Å². The highest BCUT2D eigenvalue weighted by Crippen LogP contribution is 2.27. The lowest BCUT2D eigenvalue weighted by atomic mass is 10.2. The second-order valence-corrected chi connectivity index (χ2v) is 6.61. The van der Waals surface area contributed by atoms with Gasteiger partial charge in [-0.1, -0.05) is 0 Å². The maximum Gasteiger partial charge on any atom is 0.253 e. The third-order valence-corrected chi connectivity index (χ3v) is 4.75. The predicted octanol–water partition coefficient (Wildman–Crippen LogP) is 1.47. The lowest BCUT2D eigenvalue weighted by Gasteiger charge is -2.26. The summed E-state index contributed by atoms with van der Waals surface area (Å²) in [7, 11) is 1.68. The van der Waals surface area contributed by atoms with Gasteiger partial charge in [0.05, 0.1) is 35.0 Å². The normalized spacial score (nSPS) is 13.5. The summed E-state index contributed by atoms with van der Waals surface area (Å²) in [5.41, 5.74) is 1.97. The molecule has 2 N–H and O–H groups in total. The molecule has 0 fully saturated rings. The van der Waals surface area contributed by atoms with Crippen LogP contribution in [0, 0.1) is 13.8 Å². The molecule has 0 aromatic carbocycles. The van der Waals surface area contributed by atoms with Gasteiger partial charge in [-0.15, -0.1) is 11.3 Å². The predicted molar refractivity (Wildman–Crippen MR) is 88.9 cm³/mol. The third-order valence-electron chi connectivity index (χ3n) is 3.68. The zero-order valence-electron chi connectivity index (χ0n) is 13.1. The van der Waals surface area contributed by atoms with Crippen molar-refractivity contribution in [3.63, 3.8) is 0 Å². The molecule has 1 aliphatic heterocycles. The first-order valence-corrected chi connectivity index (χ1v) is 7.99. The number of thiazole rings is 1. The van der Waals surface area contributed by atoms with Crippen LogP contribution in [0.2, 0.25) is 0 Å². The fourth-order valence-electron chi connectivity index (χ4n) is 2.38. The van der Waals surface area contributed by atoms with E-state index in [1.54, 1.807) is 24.5 Å². The minimum absolute atomic E-state index is 0.0624. The first kappa shape index (κ1) is 15.4. The number of fused-ring (bicyclic) bond motifs is 1. The third kappa shape index (κ3) is 3.02. The van der Waals surface area contributed by atoms with E-state index < -0.39 is 0 Å². The van der Waals surface area contributed by atoms with Crippen LogP contribution in [0.4, 0.5) is 11.5 Å². The van der Waals surface area contributed by atoms with Crippen molar-refractivity contribution in [1.29, 1.82) is 0 Å². The minimum Gasteiger partial charge on any atom is -0.359 e. The Bertz CT molecular complexity index is 786. The summed E-state index contributed by atoms with van der Waals surface area (Å²) in [5.74, 6) is 0.322. The first-order valence-electron chi connectivity index (χ1n) is 7.17. The van der Waals surface area contributed by atoms with E-state index in [1.165, 1.54) is 11.1 Å². The molecule has 3 heterocycles. The summed E-state index contributed by atoms with van der Waals surface area (Å²) in [6.45, 7) is 4.51. The number of pyridine rings is 1. The van der Waals surface area contributed by atoms with Crippen molar-refractivity contribution in [2.45, 2.75) is 20.4 Å². The number of amides is 2. The Balaban J connectivity index is 1.75. The van der Waals surface area contributed by atoms with E-state index in [4.69, 9.17) is 0 Å². The maximum absolute atomic E-state index is 12.3. The summed E-state index contributed by atoms with van der Waals surface area (Å²) in [5, 5.41) is 6.79. The van der Waals surface area contributed by atoms with Gasteiger partial charge >= 0.3 is 0 Å². The number of anilines is 2. The number of aromatic nitrogens is 2. The highest BCUT2D eigenvalue weighted by Gasteiger charge is 2.22. The van der Waals surface area contributed by atoms with Gasteiger partial charge in [0.15, 0.2) is 0 Å². The fourth-order valence-corrected chi connectivity index (χ4v) is 3.26. The van der Waals surface area contributed by atoms with Gasteiger partial charge in [0, 0.05) is 18.1 Å². The molecule has 2 aromatic heterocycles. The van der Waals surface area contributed by atoms with Gasteiger partial charge in [0.25, 0.3) is 5.91 Å². The summed E-state index contributed by atoms with van der Waals surface area (Å²) in [6.07, 6.45) is 1.51. The number of hydrogen-bond acceptors (Lipinski definition) is 6. The largest absolute Gasteiger partial charge is 0.359 e. The van der Waals surface area contributed by atoms with Gasteiger partial charge < -0.3 is 15.5 Å². The molecule has 23 heavy (non-hydrogen) atoms. The number of aryl methyl sites for hydroxylation is 2. The summed E-state index contributed by atoms with van der Waals surface area (Å²) >= 11 is 1.57. The van der Waals surface area contributed by atoms with Crippen LogP contribution in [0.3, 0.4) is 0 Å². The smallest absolute Gasteiger partial charge is 0.253 e. The number of nitrogens with zero attached hydrogens (tertiary/aromatic N) is 3. The summed E-state index contributed by atoms with van der Waals surface area (Å²) < 4.78 is 0. The zero-order valence-corrected chi connectivity index (χ0v) is 14.0. The standard InChI is InChI=1S/C15H17N5O2S/c1-8-12(23-9(2)19-8)6-18-15(22)10-4-11-14(16-5-10)17-7-13(21)20(11)3/h4-5H,6-7H2,1-3H3,(H,16,17)(H,18,22). The Morgan fingerprint density at radius 1 is 1.48 bits per heavy atom. The van der Waals surface area contributed by atoms with Crippen LogP contribution in [0.15, 0.2) is 12.3 Å². The summed E-state index contributed by atoms with van der Waals surface area (Å²) in [6, 6.07) is 1.67. The molecule has 7 nitrogen and oxygen atoms in total. The van der Waals surface area contributed by atoms with Crippen molar-refractivity contribution in [1.82, 2.24) is 15.3 Å². The van der Waals surface area contributed by atoms with Gasteiger partial charge in [-0.25, -0.2) is 9.97 Å². The van der Waals surface area contributed by atoms with Crippen molar-refractivity contribution in [3.05, 3.63) is 33.4 Å². The highest BCUT2D eigenvalue weighted by molar-refractivity contribution is 7.11. The quantitative estimate of drug-likeness (QED) is 0.889. The molecule has 0 spiro atoms. The minimum atomic E-state index is -0.225. The Morgan fingerprint density at radius 3 is 2.96 bits per heavy atom. The fraction of sp³-hybridized carbons (Fsp3) is 0.333. The topological polar surface area (TPSA) is 87.2 Å². The van der Waals surface area contributed by atoms with Crippen molar-refractivity contribution in [3.8, 4) is 0 Å². The molecule has 1 aliphatic rings. The average molecular weight is 331 g/mol. The van der Waals surface area contributed by atoms with Gasteiger partial charge in [0.2, 0.25) is 5.91 Å². The molecule has 0 saturated heterocycles. The highest BCUT2D eigenvalue weighted by atomic mass is 32.1. The van der Waals surface area contributed by atoms with Crippen LogP contribution >= 0.6 is 11.3 Å². The molecule has 0 saturated carbocycles. The maximum atomic E-state index is 12.3. The van der Waals surface area contributed by atoms with E-state index in [1.807, 2.05) is 13.8 Å². The molecule has 2 amide bonds. The number of likely N-dealkylation sites (N-methyl/N-ethyl adjacent to an activating group) is 1. The Morgan fingerprint density at radius 2 is 2.26 bits per heavy atom. The van der Waals surface area contributed by atoms with Crippen molar-refractivity contribution in [2.24, 2.45) is 0 Å². The SMILES string of the molecule is Cc1nc(C)c(CNC(=O)c2cnc3c(c2)N(C)C(=O)CN3)s1. The Hall–Kier alpha value is -2.48. The molecule has 0 aliphatic carbocycles. The second-order valence-electron chi connectivity index (χ2n) is 5.32. The van der Waals surface area contributed by atoms with Crippen LogP contribution in [0.25, 0.3) is 0 Å². The number of hydrogen-bond donors (Lipinski definition) is 2. The van der Waals surface area contributed by atoms with E-state index in [2.05, 4.69) is 20.6 Å². The van der Waals surface area contributed by atoms with E-state index in [0.29, 0.717) is 23.6 Å². The van der Waals surface area contributed by atoms with E-state index in [0.717, 1.165) is 15.6 Å². The van der Waals surface area contributed by atoms with E-state index >= 15 is 0 Å². The number of nitrogens with one attached hydrogen (secondary N) is 2. The summed E-state index contributed by atoms with van der Waals surface area (Å²) in [4.78, 5) is 35.1. The Labute approximate surface area is 137 Å². The first-order chi connectivity index (χ1) is 11.0. The zero-order chi connectivity index (χ0) is 16.6. The van der Waals surface area contributed by atoms with Crippen LogP contribution in [0.1, 0.15) is 25.9 Å². The lowest BCUT2D eigenvalue weighted by Crippen LogP contribution is -2.37. The molecule has 0 bridgehead atoms. The average Bonchev–Trinajstić information content (AvgIpc) is 2.86. The number of rotatable bonds is 3. The van der Waals surface area contributed by atoms with E-state index in [9.17, 15) is 9.59 Å². The van der Waals surface area contributed by atoms with Crippen molar-refractivity contribution >= 4 is 34.7 Å².